The first-order chi connectivity index (χ1) is 10.4. The first-order valence-electron chi connectivity index (χ1n) is 6.50. The van der Waals surface area contributed by atoms with E-state index in [0.717, 1.165) is 0 Å². The molecule has 0 bridgehead atoms. The number of nitrogens with zero attached hydrogens (tertiary/aromatic N) is 1. The SMILES string of the molecule is CCOc1ccc(Br)nc1C(C)Nc1[nH]c(=O)[nH]c(=O)c1F. The Morgan fingerprint density at radius 3 is 2.82 bits per heavy atom. The number of rotatable bonds is 5. The average molecular weight is 373 g/mol. The van der Waals surface area contributed by atoms with E-state index in [0.29, 0.717) is 22.7 Å². The highest BCUT2D eigenvalue weighted by atomic mass is 79.9. The Bertz CT molecular complexity index is 790. The molecule has 0 saturated heterocycles. The molecular weight excluding hydrogens is 359 g/mol. The Labute approximate surface area is 133 Å². The molecule has 0 aliphatic carbocycles. The summed E-state index contributed by atoms with van der Waals surface area (Å²) in [6.07, 6.45) is 0. The predicted molar refractivity (Wildman–Crippen MR) is 82.8 cm³/mol. The quantitative estimate of drug-likeness (QED) is 0.696. The molecule has 2 aromatic heterocycles. The van der Waals surface area contributed by atoms with E-state index in [4.69, 9.17) is 4.74 Å². The number of nitrogens with one attached hydrogen (secondary N) is 3. The number of hydrogen-bond donors (Lipinski definition) is 3. The largest absolute Gasteiger partial charge is 0.492 e. The van der Waals surface area contributed by atoms with E-state index in [1.54, 1.807) is 24.0 Å². The van der Waals surface area contributed by atoms with Crippen LogP contribution in [0.5, 0.6) is 5.75 Å². The van der Waals surface area contributed by atoms with Crippen molar-refractivity contribution in [1.29, 1.82) is 0 Å². The highest BCUT2D eigenvalue weighted by Gasteiger charge is 2.17. The van der Waals surface area contributed by atoms with Gasteiger partial charge in [0.25, 0.3) is 5.56 Å². The van der Waals surface area contributed by atoms with Crippen molar-refractivity contribution in [2.24, 2.45) is 0 Å². The van der Waals surface area contributed by atoms with Gasteiger partial charge in [-0.05, 0) is 41.9 Å². The van der Waals surface area contributed by atoms with Gasteiger partial charge in [0.15, 0.2) is 5.82 Å². The van der Waals surface area contributed by atoms with Crippen LogP contribution in [0, 0.1) is 5.82 Å². The molecule has 0 fully saturated rings. The van der Waals surface area contributed by atoms with E-state index in [1.807, 2.05) is 6.92 Å². The lowest BCUT2D eigenvalue weighted by atomic mass is 10.2. The van der Waals surface area contributed by atoms with Crippen LogP contribution in [0.2, 0.25) is 0 Å². The maximum atomic E-state index is 13.7. The van der Waals surface area contributed by atoms with Crippen molar-refractivity contribution in [3.8, 4) is 5.75 Å². The lowest BCUT2D eigenvalue weighted by Gasteiger charge is -2.18. The van der Waals surface area contributed by atoms with Gasteiger partial charge in [-0.15, -0.1) is 0 Å². The molecule has 9 heteroatoms. The number of pyridine rings is 1. The molecule has 0 saturated carbocycles. The zero-order valence-electron chi connectivity index (χ0n) is 11.9. The molecule has 0 radical (unpaired) electrons. The second-order valence-electron chi connectivity index (χ2n) is 4.41. The number of H-pyrrole nitrogens is 2. The molecule has 118 valence electrons. The Kier molecular flexibility index (Phi) is 4.96. The molecule has 2 rings (SSSR count). The van der Waals surface area contributed by atoms with Crippen LogP contribution in [-0.2, 0) is 0 Å². The molecule has 2 heterocycles. The van der Waals surface area contributed by atoms with Crippen LogP contribution in [0.15, 0.2) is 26.3 Å². The zero-order chi connectivity index (χ0) is 16.3. The van der Waals surface area contributed by atoms with Crippen LogP contribution in [0.4, 0.5) is 10.2 Å². The van der Waals surface area contributed by atoms with Gasteiger partial charge in [0, 0.05) is 0 Å². The number of hydrogen-bond acceptors (Lipinski definition) is 5. The summed E-state index contributed by atoms with van der Waals surface area (Å²) in [5, 5.41) is 2.72. The Morgan fingerprint density at radius 1 is 1.41 bits per heavy atom. The van der Waals surface area contributed by atoms with Crippen LogP contribution < -0.4 is 21.3 Å². The molecule has 3 N–H and O–H groups in total. The summed E-state index contributed by atoms with van der Waals surface area (Å²) < 4.78 is 19.8. The predicted octanol–water partition coefficient (Wildman–Crippen LogP) is 1.93. The second-order valence-corrected chi connectivity index (χ2v) is 5.23. The zero-order valence-corrected chi connectivity index (χ0v) is 13.5. The average Bonchev–Trinajstić information content (AvgIpc) is 2.46. The van der Waals surface area contributed by atoms with Gasteiger partial charge in [-0.2, -0.15) is 4.39 Å². The van der Waals surface area contributed by atoms with E-state index in [2.05, 4.69) is 31.2 Å². The summed E-state index contributed by atoms with van der Waals surface area (Å²) in [5.74, 6) is -0.872. The maximum absolute atomic E-state index is 13.7. The molecule has 1 unspecified atom stereocenters. The highest BCUT2D eigenvalue weighted by Crippen LogP contribution is 2.27. The molecule has 7 nitrogen and oxygen atoms in total. The minimum absolute atomic E-state index is 0.300. The molecule has 0 aliphatic heterocycles. The highest BCUT2D eigenvalue weighted by molar-refractivity contribution is 9.10. The molecule has 0 amide bonds. The summed E-state index contributed by atoms with van der Waals surface area (Å²) in [5.41, 5.74) is -1.38. The van der Waals surface area contributed by atoms with Crippen molar-refractivity contribution in [2.75, 3.05) is 11.9 Å². The Morgan fingerprint density at radius 2 is 2.14 bits per heavy atom. The van der Waals surface area contributed by atoms with E-state index < -0.39 is 23.1 Å². The molecule has 2 aromatic rings. The second kappa shape index (κ2) is 6.73. The van der Waals surface area contributed by atoms with Crippen LogP contribution in [0.25, 0.3) is 0 Å². The number of aromatic nitrogens is 3. The number of anilines is 1. The van der Waals surface area contributed by atoms with E-state index in [1.165, 1.54) is 0 Å². The third kappa shape index (κ3) is 3.53. The van der Waals surface area contributed by atoms with Crippen LogP contribution in [0.3, 0.4) is 0 Å². The number of aromatic amines is 2. The summed E-state index contributed by atoms with van der Waals surface area (Å²) in [4.78, 5) is 30.8. The van der Waals surface area contributed by atoms with Gasteiger partial charge in [-0.3, -0.25) is 14.8 Å². The smallest absolute Gasteiger partial charge is 0.327 e. The summed E-state index contributed by atoms with van der Waals surface area (Å²) in [6.45, 7) is 3.98. The summed E-state index contributed by atoms with van der Waals surface area (Å²) >= 11 is 3.26. The van der Waals surface area contributed by atoms with Gasteiger partial charge in [0.2, 0.25) is 5.82 Å². The lowest BCUT2D eigenvalue weighted by molar-refractivity contribution is 0.333. The van der Waals surface area contributed by atoms with Crippen LogP contribution in [0.1, 0.15) is 25.6 Å². The van der Waals surface area contributed by atoms with Gasteiger partial charge < -0.3 is 10.1 Å². The molecule has 0 spiro atoms. The Balaban J connectivity index is 2.37. The molecule has 0 aromatic carbocycles. The van der Waals surface area contributed by atoms with Crippen molar-refractivity contribution in [3.63, 3.8) is 0 Å². The molecule has 22 heavy (non-hydrogen) atoms. The Hall–Kier alpha value is -2.16. The minimum Gasteiger partial charge on any atom is -0.492 e. The van der Waals surface area contributed by atoms with Crippen molar-refractivity contribution in [1.82, 2.24) is 15.0 Å². The van der Waals surface area contributed by atoms with Gasteiger partial charge in [0.1, 0.15) is 16.0 Å². The van der Waals surface area contributed by atoms with Crippen LogP contribution in [-0.4, -0.2) is 21.6 Å². The van der Waals surface area contributed by atoms with E-state index in [9.17, 15) is 14.0 Å². The topological polar surface area (TPSA) is 99.9 Å². The standard InChI is InChI=1S/C13H14BrFN4O3/c1-3-22-7-4-5-8(14)17-10(7)6(2)16-11-9(15)12(20)19-13(21)18-11/h4-6H,3H2,1-2H3,(H3,16,18,19,20,21). The minimum atomic E-state index is -1.10. The van der Waals surface area contributed by atoms with Crippen LogP contribution >= 0.6 is 15.9 Å². The summed E-state index contributed by atoms with van der Waals surface area (Å²) in [7, 11) is 0. The van der Waals surface area contributed by atoms with Gasteiger partial charge in [-0.1, -0.05) is 0 Å². The monoisotopic (exact) mass is 372 g/mol. The first kappa shape index (κ1) is 16.2. The maximum Gasteiger partial charge on any atom is 0.327 e. The molecule has 0 aliphatic rings. The normalized spacial score (nSPS) is 12.0. The summed E-state index contributed by atoms with van der Waals surface area (Å²) in [6, 6.07) is 2.94. The van der Waals surface area contributed by atoms with Gasteiger partial charge >= 0.3 is 5.69 Å². The van der Waals surface area contributed by atoms with Crippen molar-refractivity contribution < 1.29 is 9.13 Å². The fourth-order valence-corrected chi connectivity index (χ4v) is 2.20. The van der Waals surface area contributed by atoms with Gasteiger partial charge in [-0.25, -0.2) is 9.78 Å². The fourth-order valence-electron chi connectivity index (χ4n) is 1.88. The van der Waals surface area contributed by atoms with Crippen molar-refractivity contribution >= 4 is 21.7 Å². The van der Waals surface area contributed by atoms with Gasteiger partial charge in [0.05, 0.1) is 12.6 Å². The fraction of sp³-hybridized carbons (Fsp3) is 0.308. The third-order valence-electron chi connectivity index (χ3n) is 2.81. The van der Waals surface area contributed by atoms with Crippen molar-refractivity contribution in [3.05, 3.63) is 49.1 Å². The van der Waals surface area contributed by atoms with E-state index >= 15 is 0 Å². The van der Waals surface area contributed by atoms with Crippen molar-refractivity contribution in [2.45, 2.75) is 19.9 Å². The van der Waals surface area contributed by atoms with E-state index in [-0.39, 0.29) is 5.82 Å². The molecule has 1 atom stereocenters. The lowest BCUT2D eigenvalue weighted by Crippen LogP contribution is -2.27. The first-order valence-corrected chi connectivity index (χ1v) is 7.29. The molecular formula is C13H14BrFN4O3. The third-order valence-corrected chi connectivity index (χ3v) is 3.25. The number of halogens is 2. The number of ether oxygens (including phenoxy) is 1.